The van der Waals surface area contributed by atoms with Crippen LogP contribution in [0.3, 0.4) is 0 Å². The van der Waals surface area contributed by atoms with Gasteiger partial charge >= 0.3 is 0 Å². The fourth-order valence-electron chi connectivity index (χ4n) is 3.05. The summed E-state index contributed by atoms with van der Waals surface area (Å²) in [5.41, 5.74) is 2.37. The van der Waals surface area contributed by atoms with Crippen molar-refractivity contribution < 1.29 is 19.1 Å². The average molecular weight is 426 g/mol. The summed E-state index contributed by atoms with van der Waals surface area (Å²) < 4.78 is 18.3. The van der Waals surface area contributed by atoms with Crippen molar-refractivity contribution >= 4 is 22.0 Å². The molecule has 0 fully saturated rings. The number of non-ortho nitro benzene ring substituents is 1. The Morgan fingerprint density at radius 2 is 1.77 bits per heavy atom. The Morgan fingerprint density at radius 1 is 1.10 bits per heavy atom. The summed E-state index contributed by atoms with van der Waals surface area (Å²) in [5, 5.41) is 17.4. The molecule has 154 valence electrons. The molecule has 0 saturated heterocycles. The van der Waals surface area contributed by atoms with E-state index >= 15 is 0 Å². The summed E-state index contributed by atoms with van der Waals surface area (Å²) in [6, 6.07) is 9.95. The SMILES string of the molecule is CCOc1c(OC)cc(-c2nc3scc(-c4ccc([N+](=O)[O-])cc4)n3n2)cc1OC. The number of ether oxygens (including phenoxy) is 3. The van der Waals surface area contributed by atoms with Gasteiger partial charge < -0.3 is 14.2 Å². The van der Waals surface area contributed by atoms with Crippen molar-refractivity contribution in [3.8, 4) is 39.9 Å². The number of nitro groups is 1. The largest absolute Gasteiger partial charge is 0.493 e. The number of nitrogens with zero attached hydrogens (tertiary/aromatic N) is 4. The number of hydrogen-bond donors (Lipinski definition) is 0. The Labute approximate surface area is 175 Å². The molecule has 0 aliphatic carbocycles. The highest BCUT2D eigenvalue weighted by atomic mass is 32.1. The Balaban J connectivity index is 1.77. The molecular weight excluding hydrogens is 408 g/mol. The zero-order chi connectivity index (χ0) is 21.3. The van der Waals surface area contributed by atoms with Crippen LogP contribution >= 0.6 is 11.3 Å². The van der Waals surface area contributed by atoms with E-state index in [1.165, 1.54) is 23.5 Å². The van der Waals surface area contributed by atoms with Crippen LogP contribution in [0.4, 0.5) is 5.69 Å². The minimum atomic E-state index is -0.423. The fraction of sp³-hybridized carbons (Fsp3) is 0.200. The van der Waals surface area contributed by atoms with Crippen LogP contribution in [-0.4, -0.2) is 40.3 Å². The molecule has 4 aromatic rings. The maximum absolute atomic E-state index is 10.9. The predicted molar refractivity (Wildman–Crippen MR) is 113 cm³/mol. The molecule has 0 spiro atoms. The first-order valence-electron chi connectivity index (χ1n) is 9.04. The van der Waals surface area contributed by atoms with E-state index in [2.05, 4.69) is 10.1 Å². The van der Waals surface area contributed by atoms with Crippen LogP contribution in [0.15, 0.2) is 41.8 Å². The highest BCUT2D eigenvalue weighted by Gasteiger charge is 2.19. The van der Waals surface area contributed by atoms with Crippen LogP contribution in [0.5, 0.6) is 17.2 Å². The third kappa shape index (κ3) is 3.41. The Bertz CT molecular complexity index is 1190. The van der Waals surface area contributed by atoms with Crippen LogP contribution in [0.1, 0.15) is 6.92 Å². The molecule has 0 N–H and O–H groups in total. The van der Waals surface area contributed by atoms with E-state index in [1.54, 1.807) is 43.0 Å². The summed E-state index contributed by atoms with van der Waals surface area (Å²) in [6.07, 6.45) is 0. The third-order valence-electron chi connectivity index (χ3n) is 4.46. The van der Waals surface area contributed by atoms with Crippen LogP contribution in [0.25, 0.3) is 27.6 Å². The molecule has 30 heavy (non-hydrogen) atoms. The molecule has 9 nitrogen and oxygen atoms in total. The normalized spacial score (nSPS) is 10.9. The Kier molecular flexibility index (Phi) is 5.23. The van der Waals surface area contributed by atoms with Gasteiger partial charge in [-0.2, -0.15) is 4.98 Å². The molecule has 2 aromatic heterocycles. The lowest BCUT2D eigenvalue weighted by Gasteiger charge is -2.14. The van der Waals surface area contributed by atoms with E-state index in [9.17, 15) is 10.1 Å². The van der Waals surface area contributed by atoms with E-state index in [0.717, 1.165) is 16.8 Å². The maximum Gasteiger partial charge on any atom is 0.269 e. The van der Waals surface area contributed by atoms with Crippen molar-refractivity contribution in [3.05, 3.63) is 51.9 Å². The molecule has 0 atom stereocenters. The molecule has 2 aromatic carbocycles. The summed E-state index contributed by atoms with van der Waals surface area (Å²) in [6.45, 7) is 2.36. The van der Waals surface area contributed by atoms with Gasteiger partial charge in [-0.3, -0.25) is 10.1 Å². The van der Waals surface area contributed by atoms with Gasteiger partial charge in [0.2, 0.25) is 10.7 Å². The van der Waals surface area contributed by atoms with Gasteiger partial charge in [0.05, 0.1) is 31.4 Å². The summed E-state index contributed by atoms with van der Waals surface area (Å²) in [4.78, 5) is 15.8. The van der Waals surface area contributed by atoms with Crippen molar-refractivity contribution in [3.63, 3.8) is 0 Å². The average Bonchev–Trinajstić information content (AvgIpc) is 3.35. The monoisotopic (exact) mass is 426 g/mol. The molecule has 10 heteroatoms. The summed E-state index contributed by atoms with van der Waals surface area (Å²) in [5.74, 6) is 2.09. The number of benzene rings is 2. The van der Waals surface area contributed by atoms with Gasteiger partial charge in [-0.1, -0.05) is 0 Å². The van der Waals surface area contributed by atoms with Crippen molar-refractivity contribution in [2.45, 2.75) is 6.92 Å². The van der Waals surface area contributed by atoms with Gasteiger partial charge in [0.25, 0.3) is 5.69 Å². The predicted octanol–water partition coefficient (Wildman–Crippen LogP) is 4.45. The highest BCUT2D eigenvalue weighted by Crippen LogP contribution is 2.41. The maximum atomic E-state index is 10.9. The summed E-state index contributed by atoms with van der Waals surface area (Å²) >= 11 is 1.43. The topological polar surface area (TPSA) is 101 Å². The van der Waals surface area contributed by atoms with Crippen molar-refractivity contribution in [2.24, 2.45) is 0 Å². The fourth-order valence-corrected chi connectivity index (χ4v) is 3.88. The quantitative estimate of drug-likeness (QED) is 0.318. The molecule has 0 aliphatic rings. The zero-order valence-electron chi connectivity index (χ0n) is 16.5. The molecule has 0 saturated carbocycles. The van der Waals surface area contributed by atoms with E-state index in [0.29, 0.717) is 34.6 Å². The van der Waals surface area contributed by atoms with Gasteiger partial charge in [-0.05, 0) is 31.2 Å². The molecular formula is C20H18N4O5S. The van der Waals surface area contributed by atoms with Gasteiger partial charge in [-0.25, -0.2) is 4.52 Å². The minimum absolute atomic E-state index is 0.0399. The molecule has 0 aliphatic heterocycles. The van der Waals surface area contributed by atoms with Gasteiger partial charge in [0.15, 0.2) is 17.3 Å². The molecule has 4 rings (SSSR count). The summed E-state index contributed by atoms with van der Waals surface area (Å²) in [7, 11) is 3.12. The van der Waals surface area contributed by atoms with Crippen LogP contribution in [0, 0.1) is 10.1 Å². The second-order valence-electron chi connectivity index (χ2n) is 6.20. The van der Waals surface area contributed by atoms with Crippen molar-refractivity contribution in [2.75, 3.05) is 20.8 Å². The molecule has 0 amide bonds. The van der Waals surface area contributed by atoms with Crippen LogP contribution in [0.2, 0.25) is 0 Å². The van der Waals surface area contributed by atoms with Crippen LogP contribution in [-0.2, 0) is 0 Å². The standard InChI is InChI=1S/C20H18N4O5S/c1-4-29-18-16(27-2)9-13(10-17(18)28-3)19-21-20-23(22-19)15(11-30-20)12-5-7-14(8-6-12)24(25)26/h5-11H,4H2,1-3H3. The van der Waals surface area contributed by atoms with E-state index in [1.807, 2.05) is 12.3 Å². The molecule has 2 heterocycles. The van der Waals surface area contributed by atoms with E-state index in [4.69, 9.17) is 14.2 Å². The lowest BCUT2D eigenvalue weighted by atomic mass is 10.1. The van der Waals surface area contributed by atoms with E-state index in [-0.39, 0.29) is 5.69 Å². The van der Waals surface area contributed by atoms with Crippen LogP contribution < -0.4 is 14.2 Å². The number of fused-ring (bicyclic) bond motifs is 1. The first kappa shape index (κ1) is 19.6. The Hall–Kier alpha value is -3.66. The highest BCUT2D eigenvalue weighted by molar-refractivity contribution is 7.15. The van der Waals surface area contributed by atoms with E-state index < -0.39 is 4.92 Å². The number of methoxy groups -OCH3 is 2. The number of nitro benzene ring substituents is 1. The first-order chi connectivity index (χ1) is 14.5. The van der Waals surface area contributed by atoms with Gasteiger partial charge in [-0.15, -0.1) is 16.4 Å². The molecule has 0 radical (unpaired) electrons. The lowest BCUT2D eigenvalue weighted by Crippen LogP contribution is -1.99. The lowest BCUT2D eigenvalue weighted by molar-refractivity contribution is -0.384. The second-order valence-corrected chi connectivity index (χ2v) is 7.03. The minimum Gasteiger partial charge on any atom is -0.493 e. The van der Waals surface area contributed by atoms with Gasteiger partial charge in [0, 0.05) is 28.6 Å². The van der Waals surface area contributed by atoms with Crippen molar-refractivity contribution in [1.29, 1.82) is 0 Å². The van der Waals surface area contributed by atoms with Gasteiger partial charge in [0.1, 0.15) is 0 Å². The zero-order valence-corrected chi connectivity index (χ0v) is 17.3. The number of hydrogen-bond acceptors (Lipinski definition) is 8. The second kappa shape index (κ2) is 7.99. The number of aromatic nitrogens is 3. The smallest absolute Gasteiger partial charge is 0.269 e. The number of thiazole rings is 1. The molecule has 0 bridgehead atoms. The third-order valence-corrected chi connectivity index (χ3v) is 5.28. The first-order valence-corrected chi connectivity index (χ1v) is 9.92. The Morgan fingerprint density at radius 3 is 2.33 bits per heavy atom. The van der Waals surface area contributed by atoms with Crippen molar-refractivity contribution in [1.82, 2.24) is 14.6 Å². The number of rotatable bonds is 7. The molecule has 0 unspecified atom stereocenters.